The number of benzene rings is 13. The summed E-state index contributed by atoms with van der Waals surface area (Å²) in [4.78, 5) is 0. The topological polar surface area (TPSA) is 18.5 Å². The third-order valence-corrected chi connectivity index (χ3v) is 17.9. The highest BCUT2D eigenvalue weighted by molar-refractivity contribution is 6.65. The number of rotatable bonds is 3. The van der Waals surface area contributed by atoms with Crippen molar-refractivity contribution in [2.45, 2.75) is 72.0 Å². The lowest BCUT2D eigenvalue weighted by atomic mass is 9.75. The zero-order valence-electron chi connectivity index (χ0n) is 44.4. The van der Waals surface area contributed by atoms with E-state index in [2.05, 4.69) is 256 Å². The van der Waals surface area contributed by atoms with Crippen LogP contribution in [0.15, 0.2) is 200 Å². The highest BCUT2D eigenvalue weighted by Gasteiger charge is 2.52. The van der Waals surface area contributed by atoms with Crippen LogP contribution in [0.5, 0.6) is 0 Å². The Morgan fingerprint density at radius 1 is 0.329 bits per heavy atom. The Balaban J connectivity index is 0.000000169. The molecule has 0 unspecified atom stereocenters. The van der Waals surface area contributed by atoms with Crippen molar-refractivity contribution in [2.24, 2.45) is 0 Å². The molecule has 1 fully saturated rings. The molecule has 364 valence electrons. The fraction of sp³-hybridized carbons (Fsp3) is 0.151. The molecule has 13 aromatic carbocycles. The van der Waals surface area contributed by atoms with Crippen molar-refractivity contribution >= 4 is 88.0 Å². The van der Waals surface area contributed by atoms with Crippen LogP contribution in [0.2, 0.25) is 0 Å². The molecule has 0 N–H and O–H groups in total. The van der Waals surface area contributed by atoms with E-state index in [4.69, 9.17) is 9.31 Å². The van der Waals surface area contributed by atoms with Crippen molar-refractivity contribution in [3.8, 4) is 66.8 Å². The first-order chi connectivity index (χ1) is 36.8. The molecule has 1 heterocycles. The number of aryl methyl sites for hydroxylation is 1. The maximum atomic E-state index is 6.31. The van der Waals surface area contributed by atoms with Gasteiger partial charge in [-0.1, -0.05) is 221 Å². The summed E-state index contributed by atoms with van der Waals surface area (Å²) in [6, 6.07) is 75.0. The minimum absolute atomic E-state index is 0.0834. The van der Waals surface area contributed by atoms with Gasteiger partial charge in [-0.3, -0.25) is 0 Å². The van der Waals surface area contributed by atoms with Crippen LogP contribution in [0.3, 0.4) is 0 Å². The lowest BCUT2D eigenvalue weighted by Gasteiger charge is -2.32. The van der Waals surface area contributed by atoms with E-state index in [0.29, 0.717) is 0 Å². The highest BCUT2D eigenvalue weighted by Crippen LogP contribution is 2.54. The summed E-state index contributed by atoms with van der Waals surface area (Å²) in [7, 11) is -0.335. The van der Waals surface area contributed by atoms with Gasteiger partial charge in [0.05, 0.1) is 11.2 Å². The summed E-state index contributed by atoms with van der Waals surface area (Å²) in [5, 5.41) is 18.5. The maximum Gasteiger partial charge on any atom is 0.495 e. The lowest BCUT2D eigenvalue weighted by Crippen LogP contribution is -2.41. The van der Waals surface area contributed by atoms with Crippen LogP contribution in [0.4, 0.5) is 0 Å². The summed E-state index contributed by atoms with van der Waals surface area (Å²) in [5.74, 6) is 0. The van der Waals surface area contributed by atoms with Gasteiger partial charge in [-0.05, 0) is 199 Å². The van der Waals surface area contributed by atoms with Crippen LogP contribution >= 0.6 is 0 Å². The fourth-order valence-electron chi connectivity index (χ4n) is 13.5. The molecule has 2 aliphatic carbocycles. The molecule has 0 saturated carbocycles. The molecule has 3 heteroatoms. The maximum absolute atomic E-state index is 6.31. The van der Waals surface area contributed by atoms with E-state index in [1.165, 1.54) is 153 Å². The van der Waals surface area contributed by atoms with Gasteiger partial charge < -0.3 is 9.31 Å². The van der Waals surface area contributed by atoms with E-state index < -0.39 is 0 Å². The monoisotopic (exact) mass is 976 g/mol. The Morgan fingerprint density at radius 2 is 0.724 bits per heavy atom. The molecule has 3 aliphatic rings. The van der Waals surface area contributed by atoms with Gasteiger partial charge in [0, 0.05) is 0 Å². The van der Waals surface area contributed by atoms with Gasteiger partial charge in [-0.2, -0.15) is 0 Å². The van der Waals surface area contributed by atoms with Gasteiger partial charge in [-0.25, -0.2) is 0 Å². The molecule has 1 saturated heterocycles. The molecule has 76 heavy (non-hydrogen) atoms. The van der Waals surface area contributed by atoms with Crippen LogP contribution in [0, 0.1) is 6.92 Å². The second kappa shape index (κ2) is 16.0. The Labute approximate surface area is 445 Å². The number of hydrogen-bond donors (Lipinski definition) is 0. The van der Waals surface area contributed by atoms with Crippen molar-refractivity contribution < 1.29 is 9.31 Å². The van der Waals surface area contributed by atoms with Gasteiger partial charge in [0.1, 0.15) is 0 Å². The standard InChI is InChI=1S/C51H36.C22H21BO2/c1-29-26-45(44-23-21-31-28-32(51(2,3)4)27-30-20-22-33(29)50(44)46(30)31)49-39-16-9-7-14-37(39)48(38-15-8-10-17-40(38)49)43-25-24-42-35-13-6-5-12-34(35)36-18-11-19-41(43)47(36)42;1-21(2)22(3,4)25-23(24-21)19-13-12-17-15-9-6-5-8-14(15)16-10-7-11-18(19)20(16)17/h5-28H,1-4H3;5-13H,1-4H3. The molecule has 0 bridgehead atoms. The molecule has 16 rings (SSSR count). The zero-order valence-corrected chi connectivity index (χ0v) is 44.4. The smallest absolute Gasteiger partial charge is 0.399 e. The van der Waals surface area contributed by atoms with E-state index >= 15 is 0 Å². The molecule has 13 aromatic rings. The van der Waals surface area contributed by atoms with Crippen molar-refractivity contribution in [1.29, 1.82) is 0 Å². The second-order valence-electron chi connectivity index (χ2n) is 23.7. The van der Waals surface area contributed by atoms with Crippen molar-refractivity contribution in [3.05, 3.63) is 211 Å². The summed E-state index contributed by atoms with van der Waals surface area (Å²) >= 11 is 0. The Morgan fingerprint density at radius 3 is 1.25 bits per heavy atom. The molecular weight excluding hydrogens is 920 g/mol. The van der Waals surface area contributed by atoms with Crippen LogP contribution in [-0.2, 0) is 14.7 Å². The molecule has 0 aromatic heterocycles. The molecule has 0 radical (unpaired) electrons. The first kappa shape index (κ1) is 45.3. The Hall–Kier alpha value is -8.08. The third-order valence-electron chi connectivity index (χ3n) is 17.9. The van der Waals surface area contributed by atoms with Crippen LogP contribution in [-0.4, -0.2) is 18.3 Å². The molecule has 0 amide bonds. The van der Waals surface area contributed by atoms with Gasteiger partial charge >= 0.3 is 7.12 Å². The molecular formula is C73H57BO2. The van der Waals surface area contributed by atoms with Gasteiger partial charge in [-0.15, -0.1) is 0 Å². The van der Waals surface area contributed by atoms with Crippen molar-refractivity contribution in [2.75, 3.05) is 0 Å². The van der Waals surface area contributed by atoms with Gasteiger partial charge in [0.25, 0.3) is 0 Å². The SMILES string of the molecule is CC1(C)OB(c2ccc3c4c(cccc24)-c2ccccc2-3)OC1(C)C.Cc1cc(-c2c3ccccc3c(-c3ccc4c5c(cccc35)-c3ccccc3-4)c3ccccc23)c2ccc3cc(C(C)(C)C)cc4ccc1c2c43. The highest BCUT2D eigenvalue weighted by atomic mass is 16.7. The quantitative estimate of drug-likeness (QED) is 0.0998. The molecule has 1 aliphatic heterocycles. The number of hydrogen-bond acceptors (Lipinski definition) is 2. The number of fused-ring (bicyclic) bond motifs is 8. The largest absolute Gasteiger partial charge is 0.495 e. The normalized spacial score (nSPS) is 14.9. The molecule has 0 spiro atoms. The average Bonchev–Trinajstić information content (AvgIpc) is 4.10. The van der Waals surface area contributed by atoms with E-state index in [1.54, 1.807) is 0 Å². The minimum atomic E-state index is -0.335. The van der Waals surface area contributed by atoms with E-state index in [9.17, 15) is 0 Å². The second-order valence-corrected chi connectivity index (χ2v) is 23.7. The van der Waals surface area contributed by atoms with Gasteiger partial charge in [0.15, 0.2) is 0 Å². The van der Waals surface area contributed by atoms with Crippen molar-refractivity contribution in [3.63, 3.8) is 0 Å². The summed E-state index contributed by atoms with van der Waals surface area (Å²) < 4.78 is 12.6. The van der Waals surface area contributed by atoms with Crippen LogP contribution < -0.4 is 5.46 Å². The predicted molar refractivity (Wildman–Crippen MR) is 325 cm³/mol. The summed E-state index contributed by atoms with van der Waals surface area (Å²) in [6.45, 7) is 17.6. The zero-order chi connectivity index (χ0) is 51.6. The van der Waals surface area contributed by atoms with Crippen molar-refractivity contribution in [1.82, 2.24) is 0 Å². The summed E-state index contributed by atoms with van der Waals surface area (Å²) in [6.07, 6.45) is 0. The Bertz CT molecular complexity index is 4490. The van der Waals surface area contributed by atoms with Crippen LogP contribution in [0.25, 0.3) is 142 Å². The predicted octanol–water partition coefficient (Wildman–Crippen LogP) is 19.4. The fourth-order valence-corrected chi connectivity index (χ4v) is 13.5. The lowest BCUT2D eigenvalue weighted by molar-refractivity contribution is 0.00578. The Kier molecular flexibility index (Phi) is 9.53. The van der Waals surface area contributed by atoms with E-state index in [-0.39, 0.29) is 23.7 Å². The average molecular weight is 977 g/mol. The first-order valence-corrected chi connectivity index (χ1v) is 27.1. The molecule has 0 atom stereocenters. The van der Waals surface area contributed by atoms with Gasteiger partial charge in [0.2, 0.25) is 0 Å². The van der Waals surface area contributed by atoms with E-state index in [1.807, 2.05) is 0 Å². The third kappa shape index (κ3) is 6.37. The summed E-state index contributed by atoms with van der Waals surface area (Å²) in [5.41, 5.74) is 19.1. The minimum Gasteiger partial charge on any atom is -0.399 e. The van der Waals surface area contributed by atoms with Crippen LogP contribution in [0.1, 0.15) is 59.6 Å². The molecule has 2 nitrogen and oxygen atoms in total. The first-order valence-electron chi connectivity index (χ1n) is 27.1. The van der Waals surface area contributed by atoms with E-state index in [0.717, 1.165) is 5.46 Å².